The van der Waals surface area contributed by atoms with Gasteiger partial charge in [-0.3, -0.25) is 9.78 Å². The van der Waals surface area contributed by atoms with Crippen LogP contribution < -0.4 is 5.32 Å². The van der Waals surface area contributed by atoms with Crippen LogP contribution in [0.15, 0.2) is 48.9 Å². The maximum absolute atomic E-state index is 12.7. The van der Waals surface area contributed by atoms with Crippen LogP contribution in [0.2, 0.25) is 0 Å². The SMILES string of the molecule is Cc1cnc(C(=O)N[C@H]2CC(C)(C)Cc3c2cnn3-c2ccccc2)cn1. The topological polar surface area (TPSA) is 72.7 Å². The molecule has 6 heteroatoms. The number of hydrogen-bond acceptors (Lipinski definition) is 4. The van der Waals surface area contributed by atoms with Crippen LogP contribution in [0.5, 0.6) is 0 Å². The molecule has 1 aromatic carbocycles. The molecule has 138 valence electrons. The lowest BCUT2D eigenvalue weighted by Crippen LogP contribution is -2.37. The fraction of sp³-hybridized carbons (Fsp3) is 0.333. The third kappa shape index (κ3) is 3.47. The van der Waals surface area contributed by atoms with Gasteiger partial charge in [0.25, 0.3) is 5.91 Å². The van der Waals surface area contributed by atoms with E-state index in [9.17, 15) is 4.79 Å². The number of carbonyl (C=O) groups is 1. The predicted octanol–water partition coefficient (Wildman–Crippen LogP) is 3.41. The van der Waals surface area contributed by atoms with E-state index < -0.39 is 0 Å². The summed E-state index contributed by atoms with van der Waals surface area (Å²) in [6, 6.07) is 10.0. The van der Waals surface area contributed by atoms with Crippen molar-refractivity contribution in [2.45, 2.75) is 39.7 Å². The molecule has 0 aliphatic heterocycles. The molecular weight excluding hydrogens is 338 g/mol. The van der Waals surface area contributed by atoms with Crippen LogP contribution in [0.4, 0.5) is 0 Å². The number of aryl methyl sites for hydroxylation is 1. The van der Waals surface area contributed by atoms with Crippen LogP contribution >= 0.6 is 0 Å². The van der Waals surface area contributed by atoms with Gasteiger partial charge in [-0.05, 0) is 37.3 Å². The number of fused-ring (bicyclic) bond motifs is 1. The molecule has 1 aliphatic carbocycles. The molecule has 2 aromatic heterocycles. The predicted molar refractivity (Wildman–Crippen MR) is 103 cm³/mol. The van der Waals surface area contributed by atoms with E-state index in [0.29, 0.717) is 5.69 Å². The molecule has 0 saturated heterocycles. The van der Waals surface area contributed by atoms with Crippen LogP contribution in [-0.4, -0.2) is 25.7 Å². The molecule has 27 heavy (non-hydrogen) atoms. The molecule has 1 N–H and O–H groups in total. The van der Waals surface area contributed by atoms with Crippen molar-refractivity contribution in [2.75, 3.05) is 0 Å². The zero-order valence-electron chi connectivity index (χ0n) is 15.8. The van der Waals surface area contributed by atoms with Gasteiger partial charge < -0.3 is 5.32 Å². The van der Waals surface area contributed by atoms with Crippen molar-refractivity contribution in [3.63, 3.8) is 0 Å². The fourth-order valence-corrected chi connectivity index (χ4v) is 3.70. The normalized spacial score (nSPS) is 18.0. The summed E-state index contributed by atoms with van der Waals surface area (Å²) in [7, 11) is 0. The lowest BCUT2D eigenvalue weighted by atomic mass is 9.74. The highest BCUT2D eigenvalue weighted by Gasteiger charge is 2.36. The van der Waals surface area contributed by atoms with Gasteiger partial charge in [-0.2, -0.15) is 5.10 Å². The number of benzene rings is 1. The summed E-state index contributed by atoms with van der Waals surface area (Å²) in [5, 5.41) is 7.75. The number of carbonyl (C=O) groups excluding carboxylic acids is 1. The van der Waals surface area contributed by atoms with Gasteiger partial charge in [0.15, 0.2) is 0 Å². The Balaban J connectivity index is 1.66. The first kappa shape index (κ1) is 17.4. The van der Waals surface area contributed by atoms with Gasteiger partial charge in [0, 0.05) is 11.8 Å². The third-order valence-electron chi connectivity index (χ3n) is 5.00. The van der Waals surface area contributed by atoms with Crippen molar-refractivity contribution in [3.05, 3.63) is 71.6 Å². The fourth-order valence-electron chi connectivity index (χ4n) is 3.70. The lowest BCUT2D eigenvalue weighted by Gasteiger charge is -2.35. The van der Waals surface area contributed by atoms with Crippen LogP contribution in [-0.2, 0) is 6.42 Å². The van der Waals surface area contributed by atoms with Crippen molar-refractivity contribution in [2.24, 2.45) is 5.41 Å². The number of nitrogens with zero attached hydrogens (tertiary/aromatic N) is 4. The Morgan fingerprint density at radius 2 is 1.93 bits per heavy atom. The van der Waals surface area contributed by atoms with Gasteiger partial charge in [0.05, 0.1) is 35.5 Å². The minimum atomic E-state index is -0.205. The monoisotopic (exact) mass is 361 g/mol. The minimum absolute atomic E-state index is 0.0520. The van der Waals surface area contributed by atoms with E-state index in [4.69, 9.17) is 0 Å². The maximum atomic E-state index is 12.7. The van der Waals surface area contributed by atoms with Crippen molar-refractivity contribution < 1.29 is 4.79 Å². The Morgan fingerprint density at radius 3 is 2.63 bits per heavy atom. The Hall–Kier alpha value is -3.02. The molecule has 1 atom stereocenters. The highest BCUT2D eigenvalue weighted by Crippen LogP contribution is 2.41. The van der Waals surface area contributed by atoms with E-state index in [0.717, 1.165) is 35.5 Å². The van der Waals surface area contributed by atoms with E-state index in [2.05, 4.69) is 34.2 Å². The lowest BCUT2D eigenvalue weighted by molar-refractivity contribution is 0.0913. The van der Waals surface area contributed by atoms with Gasteiger partial charge in [0.2, 0.25) is 0 Å². The second kappa shape index (κ2) is 6.61. The summed E-state index contributed by atoms with van der Waals surface area (Å²) in [5.41, 5.74) is 4.43. The zero-order valence-corrected chi connectivity index (χ0v) is 15.8. The molecular formula is C21H23N5O. The Labute approximate surface area is 158 Å². The molecule has 0 unspecified atom stereocenters. The van der Waals surface area contributed by atoms with E-state index in [1.807, 2.05) is 48.1 Å². The summed E-state index contributed by atoms with van der Waals surface area (Å²) in [6.07, 6.45) is 6.77. The summed E-state index contributed by atoms with van der Waals surface area (Å²) < 4.78 is 1.99. The molecule has 0 bridgehead atoms. The summed E-state index contributed by atoms with van der Waals surface area (Å²) in [5.74, 6) is -0.205. The van der Waals surface area contributed by atoms with Crippen molar-refractivity contribution >= 4 is 5.91 Å². The Kier molecular flexibility index (Phi) is 4.26. The van der Waals surface area contributed by atoms with Crippen molar-refractivity contribution in [3.8, 4) is 5.69 Å². The van der Waals surface area contributed by atoms with Crippen molar-refractivity contribution in [1.29, 1.82) is 0 Å². The van der Waals surface area contributed by atoms with Crippen LogP contribution in [0.1, 0.15) is 53.7 Å². The molecule has 3 aromatic rings. The van der Waals surface area contributed by atoms with Gasteiger partial charge in [-0.1, -0.05) is 32.0 Å². The van der Waals surface area contributed by atoms with E-state index >= 15 is 0 Å². The average molecular weight is 361 g/mol. The zero-order chi connectivity index (χ0) is 19.0. The molecule has 1 amide bonds. The number of hydrogen-bond donors (Lipinski definition) is 1. The summed E-state index contributed by atoms with van der Waals surface area (Å²) in [6.45, 7) is 6.30. The second-order valence-corrected chi connectivity index (χ2v) is 7.91. The summed E-state index contributed by atoms with van der Waals surface area (Å²) >= 11 is 0. The number of rotatable bonds is 3. The quantitative estimate of drug-likeness (QED) is 0.776. The second-order valence-electron chi connectivity index (χ2n) is 7.91. The van der Waals surface area contributed by atoms with Crippen LogP contribution in [0.3, 0.4) is 0 Å². The molecule has 6 nitrogen and oxygen atoms in total. The number of nitrogens with one attached hydrogen (secondary N) is 1. The highest BCUT2D eigenvalue weighted by atomic mass is 16.1. The molecule has 0 fully saturated rings. The first-order valence-corrected chi connectivity index (χ1v) is 9.15. The number of aromatic nitrogens is 4. The van der Waals surface area contributed by atoms with Gasteiger partial charge in [0.1, 0.15) is 5.69 Å². The smallest absolute Gasteiger partial charge is 0.271 e. The molecule has 0 radical (unpaired) electrons. The van der Waals surface area contributed by atoms with Crippen LogP contribution in [0.25, 0.3) is 5.69 Å². The van der Waals surface area contributed by atoms with E-state index in [1.165, 1.54) is 6.20 Å². The van der Waals surface area contributed by atoms with Gasteiger partial charge in [-0.15, -0.1) is 0 Å². The number of para-hydroxylation sites is 1. The minimum Gasteiger partial charge on any atom is -0.344 e. The maximum Gasteiger partial charge on any atom is 0.271 e. The molecule has 0 saturated carbocycles. The first-order valence-electron chi connectivity index (χ1n) is 9.15. The average Bonchev–Trinajstić information content (AvgIpc) is 3.05. The molecule has 0 spiro atoms. The standard InChI is InChI=1S/C21H23N5O/c1-14-11-23-18(13-22-14)20(27)25-17-9-21(2,3)10-19-16(17)12-24-26(19)15-7-5-4-6-8-15/h4-8,11-13,17H,9-10H2,1-3H3,(H,25,27)/t17-/m0/s1. The molecule has 2 heterocycles. The Bertz CT molecular complexity index is 960. The van der Waals surface area contributed by atoms with Crippen LogP contribution in [0, 0.1) is 12.3 Å². The van der Waals surface area contributed by atoms with Gasteiger partial charge >= 0.3 is 0 Å². The van der Waals surface area contributed by atoms with Crippen molar-refractivity contribution in [1.82, 2.24) is 25.1 Å². The summed E-state index contributed by atoms with van der Waals surface area (Å²) in [4.78, 5) is 21.0. The third-order valence-corrected chi connectivity index (χ3v) is 5.00. The largest absolute Gasteiger partial charge is 0.344 e. The first-order chi connectivity index (χ1) is 12.9. The van der Waals surface area contributed by atoms with Gasteiger partial charge in [-0.25, -0.2) is 9.67 Å². The molecule has 1 aliphatic rings. The Morgan fingerprint density at radius 1 is 1.15 bits per heavy atom. The van der Waals surface area contributed by atoms with E-state index in [1.54, 1.807) is 6.20 Å². The highest BCUT2D eigenvalue weighted by molar-refractivity contribution is 5.92. The number of amides is 1. The van der Waals surface area contributed by atoms with E-state index in [-0.39, 0.29) is 17.4 Å². The molecule has 4 rings (SSSR count).